The van der Waals surface area contributed by atoms with Gasteiger partial charge in [-0.2, -0.15) is 0 Å². The summed E-state index contributed by atoms with van der Waals surface area (Å²) in [5.74, 6) is 0.322. The monoisotopic (exact) mass is 425 g/mol. The van der Waals surface area contributed by atoms with Gasteiger partial charge in [0.2, 0.25) is 0 Å². The van der Waals surface area contributed by atoms with Gasteiger partial charge >= 0.3 is 15.2 Å². The molecule has 0 amide bonds. The molecule has 0 saturated heterocycles. The molecule has 0 heterocycles. The fourth-order valence-electron chi connectivity index (χ4n) is 2.51. The van der Waals surface area contributed by atoms with Crippen LogP contribution in [0.4, 0.5) is 0 Å². The van der Waals surface area contributed by atoms with Crippen molar-refractivity contribution in [1.29, 1.82) is 0 Å². The molecule has 0 aliphatic carbocycles. The summed E-state index contributed by atoms with van der Waals surface area (Å²) >= 11 is 0. The molecule has 0 unspecified atom stereocenters. The predicted molar refractivity (Wildman–Crippen MR) is 111 cm³/mol. The maximum atomic E-state index is 12.9. The number of hydrogen-bond acceptors (Lipinski definition) is 7. The molecular weight excluding hydrogens is 388 g/mol. The van der Waals surface area contributed by atoms with Crippen LogP contribution in [0.3, 0.4) is 0 Å². The van der Waals surface area contributed by atoms with E-state index in [9.17, 15) is 9.13 Å². The molecular formula is C18H37NO6P2. The lowest BCUT2D eigenvalue weighted by molar-refractivity contribution is 0.215. The fourth-order valence-corrected chi connectivity index (χ4v) is 5.50. The molecule has 0 N–H and O–H groups in total. The summed E-state index contributed by atoms with van der Waals surface area (Å²) in [4.78, 5) is 1.96. The van der Waals surface area contributed by atoms with Crippen LogP contribution < -0.4 is 0 Å². The Morgan fingerprint density at radius 3 is 1.30 bits per heavy atom. The van der Waals surface area contributed by atoms with Gasteiger partial charge in [0, 0.05) is 30.3 Å². The highest BCUT2D eigenvalue weighted by molar-refractivity contribution is 7.58. The van der Waals surface area contributed by atoms with Gasteiger partial charge in [-0.15, -0.1) is 0 Å². The summed E-state index contributed by atoms with van der Waals surface area (Å²) in [5.41, 5.74) is 0. The zero-order valence-electron chi connectivity index (χ0n) is 17.7. The van der Waals surface area contributed by atoms with Crippen LogP contribution in [0.15, 0.2) is 23.8 Å². The van der Waals surface area contributed by atoms with Crippen LogP contribution in [0.25, 0.3) is 0 Å². The van der Waals surface area contributed by atoms with Crippen molar-refractivity contribution in [3.8, 4) is 0 Å². The van der Waals surface area contributed by atoms with Crippen LogP contribution >= 0.6 is 15.2 Å². The van der Waals surface area contributed by atoms with Crippen molar-refractivity contribution >= 4 is 15.2 Å². The van der Waals surface area contributed by atoms with Crippen molar-refractivity contribution in [1.82, 2.24) is 4.90 Å². The lowest BCUT2D eigenvalue weighted by Gasteiger charge is -2.29. The van der Waals surface area contributed by atoms with E-state index in [1.54, 1.807) is 27.7 Å². The molecule has 0 bridgehead atoms. The highest BCUT2D eigenvalue weighted by Crippen LogP contribution is 2.57. The Kier molecular flexibility index (Phi) is 12.9. The second kappa shape index (κ2) is 13.1. The summed E-state index contributed by atoms with van der Waals surface area (Å²) in [6.45, 7) is 21.3. The zero-order chi connectivity index (χ0) is 21.1. The molecule has 0 aliphatic heterocycles. The first-order valence-corrected chi connectivity index (χ1v) is 12.5. The SMILES string of the molecule is C=C(CN(CC(=C)P(=O)(OCC)OCC)CC(C)C)P(=O)(OCC)OCC. The Morgan fingerprint density at radius 1 is 0.778 bits per heavy atom. The molecule has 0 aromatic heterocycles. The third-order valence-corrected chi connectivity index (χ3v) is 7.63. The van der Waals surface area contributed by atoms with Crippen LogP contribution in [0.2, 0.25) is 0 Å². The Balaban J connectivity index is 5.38. The first-order chi connectivity index (χ1) is 12.6. The molecule has 27 heavy (non-hydrogen) atoms. The van der Waals surface area contributed by atoms with Crippen molar-refractivity contribution in [2.24, 2.45) is 5.92 Å². The topological polar surface area (TPSA) is 74.3 Å². The Bertz CT molecular complexity index is 500. The van der Waals surface area contributed by atoms with Crippen LogP contribution in [0.1, 0.15) is 41.5 Å². The molecule has 160 valence electrons. The molecule has 0 aromatic carbocycles. The van der Waals surface area contributed by atoms with Crippen molar-refractivity contribution in [2.45, 2.75) is 41.5 Å². The van der Waals surface area contributed by atoms with E-state index < -0.39 is 15.2 Å². The number of nitrogens with zero attached hydrogens (tertiary/aromatic N) is 1. The molecule has 0 aromatic rings. The quantitative estimate of drug-likeness (QED) is 0.302. The first kappa shape index (κ1) is 26.7. The molecule has 9 heteroatoms. The second-order valence-corrected chi connectivity index (χ2v) is 10.6. The van der Waals surface area contributed by atoms with Crippen LogP contribution in [0, 0.1) is 5.92 Å². The van der Waals surface area contributed by atoms with E-state index in [-0.39, 0.29) is 39.5 Å². The standard InChI is InChI=1S/C18H37NO6P2/c1-9-22-26(20,23-10-2)17(7)14-19(13-16(5)6)15-18(8)27(21,24-11-3)25-12-4/h16H,7-15H2,1-6H3. The fraction of sp³-hybridized carbons (Fsp3) is 0.778. The minimum Gasteiger partial charge on any atom is -0.306 e. The van der Waals surface area contributed by atoms with Gasteiger partial charge < -0.3 is 18.1 Å². The van der Waals surface area contributed by atoms with Gasteiger partial charge in [0.05, 0.1) is 26.4 Å². The van der Waals surface area contributed by atoms with Gasteiger partial charge in [-0.05, 0) is 33.6 Å². The number of hydrogen-bond donors (Lipinski definition) is 0. The van der Waals surface area contributed by atoms with Gasteiger partial charge in [-0.1, -0.05) is 27.0 Å². The molecule has 0 spiro atoms. The van der Waals surface area contributed by atoms with E-state index in [0.717, 1.165) is 0 Å². The van der Waals surface area contributed by atoms with E-state index in [1.807, 2.05) is 4.90 Å². The highest BCUT2D eigenvalue weighted by Gasteiger charge is 2.32. The Labute approximate surface area is 165 Å². The molecule has 0 fully saturated rings. The van der Waals surface area contributed by atoms with Gasteiger partial charge in [0.1, 0.15) is 0 Å². The van der Waals surface area contributed by atoms with Crippen LogP contribution in [0.5, 0.6) is 0 Å². The maximum Gasteiger partial charge on any atom is 0.358 e. The minimum atomic E-state index is -3.41. The normalized spacial score (nSPS) is 12.7. The molecule has 0 saturated carbocycles. The van der Waals surface area contributed by atoms with Crippen LogP contribution in [-0.2, 0) is 27.2 Å². The molecule has 0 rings (SSSR count). The third-order valence-electron chi connectivity index (χ3n) is 3.41. The average molecular weight is 425 g/mol. The lowest BCUT2D eigenvalue weighted by Crippen LogP contribution is -2.32. The summed E-state index contributed by atoms with van der Waals surface area (Å²) in [7, 11) is -6.83. The predicted octanol–water partition coefficient (Wildman–Crippen LogP) is 5.50. The second-order valence-electron chi connectivity index (χ2n) is 6.36. The van der Waals surface area contributed by atoms with Gasteiger partial charge in [-0.3, -0.25) is 14.0 Å². The largest absolute Gasteiger partial charge is 0.358 e. The van der Waals surface area contributed by atoms with Crippen LogP contribution in [-0.4, -0.2) is 51.0 Å². The Morgan fingerprint density at radius 2 is 1.07 bits per heavy atom. The van der Waals surface area contributed by atoms with Crippen molar-refractivity contribution in [3.63, 3.8) is 0 Å². The Hall–Kier alpha value is -0.260. The maximum absolute atomic E-state index is 12.9. The van der Waals surface area contributed by atoms with E-state index in [2.05, 4.69) is 27.0 Å². The highest BCUT2D eigenvalue weighted by atomic mass is 31.2. The van der Waals surface area contributed by atoms with E-state index >= 15 is 0 Å². The molecule has 0 aliphatic rings. The zero-order valence-corrected chi connectivity index (χ0v) is 19.5. The van der Waals surface area contributed by atoms with Gasteiger partial charge in [0.15, 0.2) is 0 Å². The van der Waals surface area contributed by atoms with E-state index in [4.69, 9.17) is 18.1 Å². The minimum absolute atomic E-state index is 0.261. The van der Waals surface area contributed by atoms with Gasteiger partial charge in [0.25, 0.3) is 0 Å². The van der Waals surface area contributed by atoms with E-state index in [1.165, 1.54) is 0 Å². The van der Waals surface area contributed by atoms with Crippen molar-refractivity contribution < 1.29 is 27.2 Å². The molecule has 7 nitrogen and oxygen atoms in total. The molecule has 0 radical (unpaired) electrons. The first-order valence-electron chi connectivity index (χ1n) is 9.45. The van der Waals surface area contributed by atoms with Crippen molar-refractivity contribution in [3.05, 3.63) is 23.8 Å². The summed E-state index contributed by atoms with van der Waals surface area (Å²) in [6.07, 6.45) is 0. The third kappa shape index (κ3) is 9.19. The van der Waals surface area contributed by atoms with Gasteiger partial charge in [-0.25, -0.2) is 0 Å². The summed E-state index contributed by atoms with van der Waals surface area (Å²) < 4.78 is 47.3. The smallest absolute Gasteiger partial charge is 0.306 e. The molecule has 0 atom stereocenters. The summed E-state index contributed by atoms with van der Waals surface area (Å²) in [6, 6.07) is 0. The van der Waals surface area contributed by atoms with E-state index in [0.29, 0.717) is 23.1 Å². The summed E-state index contributed by atoms with van der Waals surface area (Å²) in [5, 5.41) is 0.726. The lowest BCUT2D eigenvalue weighted by atomic mass is 10.2. The van der Waals surface area contributed by atoms with Crippen molar-refractivity contribution in [2.75, 3.05) is 46.1 Å². The average Bonchev–Trinajstić information content (AvgIpc) is 2.54. The number of rotatable bonds is 16.